The third-order valence-electron chi connectivity index (χ3n) is 8.36. The zero-order valence-corrected chi connectivity index (χ0v) is 21.5. The van der Waals surface area contributed by atoms with Crippen LogP contribution in [0.25, 0.3) is 11.0 Å². The molecule has 2 aliphatic rings. The molecule has 6 nitrogen and oxygen atoms in total. The zero-order chi connectivity index (χ0) is 26.2. The minimum absolute atomic E-state index is 0.0135. The highest BCUT2D eigenvalue weighted by molar-refractivity contribution is 5.86. The standard InChI is InChI=1S/C30H34FNO5/c1-19-23-10-12-26(36-18-21-7-3-4-9-25(21)31)20(2)28(23)37-29(34)24(19)11-13-27(33)32-16-15-30(35)14-6-5-8-22(30)17-32/h3-4,7,9-10,12,22,35H,5-6,8,11,13-18H2,1-2H3/t22-,30-/m1/s1. The van der Waals surface area contributed by atoms with Gasteiger partial charge in [-0.25, -0.2) is 9.18 Å². The van der Waals surface area contributed by atoms with E-state index in [9.17, 15) is 19.1 Å². The number of likely N-dealkylation sites (tertiary alicyclic amines) is 1. The van der Waals surface area contributed by atoms with Crippen molar-refractivity contribution in [3.8, 4) is 5.75 Å². The van der Waals surface area contributed by atoms with Gasteiger partial charge in [-0.05, 0) is 63.3 Å². The van der Waals surface area contributed by atoms with Gasteiger partial charge in [-0.15, -0.1) is 0 Å². The van der Waals surface area contributed by atoms with E-state index in [0.29, 0.717) is 54.0 Å². The third-order valence-corrected chi connectivity index (χ3v) is 8.36. The minimum atomic E-state index is -0.624. The molecule has 1 saturated carbocycles. The maximum Gasteiger partial charge on any atom is 0.339 e. The number of amides is 1. The summed E-state index contributed by atoms with van der Waals surface area (Å²) in [6.45, 7) is 4.91. The first-order valence-electron chi connectivity index (χ1n) is 13.2. The molecule has 2 fully saturated rings. The van der Waals surface area contributed by atoms with E-state index in [1.54, 1.807) is 24.3 Å². The first-order chi connectivity index (χ1) is 17.8. The molecule has 1 aliphatic carbocycles. The molecule has 0 spiro atoms. The molecular weight excluding hydrogens is 473 g/mol. The molecule has 37 heavy (non-hydrogen) atoms. The van der Waals surface area contributed by atoms with Gasteiger partial charge in [0.25, 0.3) is 0 Å². The summed E-state index contributed by atoms with van der Waals surface area (Å²) < 4.78 is 25.5. The number of carbonyl (C=O) groups is 1. The molecule has 2 heterocycles. The predicted octanol–water partition coefficient (Wildman–Crippen LogP) is 5.21. The van der Waals surface area contributed by atoms with Crippen molar-refractivity contribution in [1.29, 1.82) is 0 Å². The molecular formula is C30H34FNO5. The third kappa shape index (κ3) is 5.01. The molecule has 0 bridgehead atoms. The van der Waals surface area contributed by atoms with Gasteiger partial charge < -0.3 is 19.2 Å². The molecule has 2 atom stereocenters. The number of aryl methyl sites for hydroxylation is 2. The van der Waals surface area contributed by atoms with E-state index in [1.165, 1.54) is 6.07 Å². The Kier molecular flexibility index (Phi) is 7.08. The van der Waals surface area contributed by atoms with Crippen LogP contribution >= 0.6 is 0 Å². The number of hydrogen-bond donors (Lipinski definition) is 1. The van der Waals surface area contributed by atoms with Crippen molar-refractivity contribution >= 4 is 16.9 Å². The number of piperidine rings is 1. The quantitative estimate of drug-likeness (QED) is 0.463. The molecule has 2 aromatic carbocycles. The van der Waals surface area contributed by atoms with Crippen LogP contribution in [-0.4, -0.2) is 34.6 Å². The number of halogens is 1. The second-order valence-electron chi connectivity index (χ2n) is 10.6. The summed E-state index contributed by atoms with van der Waals surface area (Å²) in [5.74, 6) is 0.347. The van der Waals surface area contributed by atoms with Crippen molar-refractivity contribution in [2.75, 3.05) is 13.1 Å². The molecule has 0 unspecified atom stereocenters. The van der Waals surface area contributed by atoms with Gasteiger partial charge in [-0.2, -0.15) is 0 Å². The molecule has 0 radical (unpaired) electrons. The van der Waals surface area contributed by atoms with Crippen LogP contribution in [0.5, 0.6) is 5.75 Å². The highest BCUT2D eigenvalue weighted by atomic mass is 19.1. The molecule has 7 heteroatoms. The summed E-state index contributed by atoms with van der Waals surface area (Å²) in [6.07, 6.45) is 5.09. The van der Waals surface area contributed by atoms with Crippen LogP contribution in [0.1, 0.15) is 60.8 Å². The first kappa shape index (κ1) is 25.5. The van der Waals surface area contributed by atoms with E-state index in [1.807, 2.05) is 24.8 Å². The Hall–Kier alpha value is -3.19. The maximum absolute atomic E-state index is 14.0. The Balaban J connectivity index is 1.29. The number of ether oxygens (including phenoxy) is 1. The number of aliphatic hydroxyl groups is 1. The molecule has 5 rings (SSSR count). The van der Waals surface area contributed by atoms with Gasteiger partial charge in [0.2, 0.25) is 5.91 Å². The average Bonchev–Trinajstić information content (AvgIpc) is 2.88. The lowest BCUT2D eigenvalue weighted by atomic mass is 9.71. The maximum atomic E-state index is 14.0. The topological polar surface area (TPSA) is 80.0 Å². The van der Waals surface area contributed by atoms with Crippen LogP contribution in [0.2, 0.25) is 0 Å². The smallest absolute Gasteiger partial charge is 0.339 e. The van der Waals surface area contributed by atoms with Gasteiger partial charge in [0.1, 0.15) is 23.8 Å². The Bertz CT molecular complexity index is 1380. The van der Waals surface area contributed by atoms with E-state index in [0.717, 1.165) is 36.6 Å². The minimum Gasteiger partial charge on any atom is -0.488 e. The molecule has 1 aromatic heterocycles. The van der Waals surface area contributed by atoms with E-state index in [2.05, 4.69) is 0 Å². The van der Waals surface area contributed by atoms with Crippen molar-refractivity contribution in [2.24, 2.45) is 5.92 Å². The van der Waals surface area contributed by atoms with Gasteiger partial charge >= 0.3 is 5.63 Å². The van der Waals surface area contributed by atoms with Gasteiger partial charge in [-0.3, -0.25) is 4.79 Å². The molecule has 1 N–H and O–H groups in total. The fraction of sp³-hybridized carbons (Fsp3) is 0.467. The summed E-state index contributed by atoms with van der Waals surface area (Å²) in [6, 6.07) is 10.1. The van der Waals surface area contributed by atoms with Gasteiger partial charge in [-0.1, -0.05) is 31.0 Å². The number of hydrogen-bond acceptors (Lipinski definition) is 5. The van der Waals surface area contributed by atoms with Crippen molar-refractivity contribution in [3.05, 3.63) is 74.9 Å². The number of nitrogens with zero attached hydrogens (tertiary/aromatic N) is 1. The van der Waals surface area contributed by atoms with Crippen molar-refractivity contribution in [1.82, 2.24) is 4.90 Å². The van der Waals surface area contributed by atoms with E-state index in [4.69, 9.17) is 9.15 Å². The van der Waals surface area contributed by atoms with Crippen LogP contribution in [0.3, 0.4) is 0 Å². The zero-order valence-electron chi connectivity index (χ0n) is 21.5. The molecule has 3 aromatic rings. The van der Waals surface area contributed by atoms with Crippen molar-refractivity contribution < 1.29 is 23.4 Å². The average molecular weight is 508 g/mol. The summed E-state index contributed by atoms with van der Waals surface area (Å²) in [7, 11) is 0. The van der Waals surface area contributed by atoms with Crippen LogP contribution in [0.15, 0.2) is 45.6 Å². The monoisotopic (exact) mass is 507 g/mol. The summed E-state index contributed by atoms with van der Waals surface area (Å²) >= 11 is 0. The van der Waals surface area contributed by atoms with Gasteiger partial charge in [0.05, 0.1) is 5.60 Å². The van der Waals surface area contributed by atoms with Crippen LogP contribution in [0, 0.1) is 25.6 Å². The summed E-state index contributed by atoms with van der Waals surface area (Å²) in [5.41, 5.74) is 1.78. The van der Waals surface area contributed by atoms with Gasteiger partial charge in [0, 0.05) is 47.5 Å². The second kappa shape index (κ2) is 10.3. The van der Waals surface area contributed by atoms with E-state index >= 15 is 0 Å². The fourth-order valence-electron chi connectivity index (χ4n) is 5.97. The van der Waals surface area contributed by atoms with E-state index < -0.39 is 11.2 Å². The Labute approximate surface area is 216 Å². The normalized spacial score (nSPS) is 21.6. The Morgan fingerprint density at radius 3 is 2.78 bits per heavy atom. The van der Waals surface area contributed by atoms with E-state index in [-0.39, 0.29) is 30.7 Å². The fourth-order valence-corrected chi connectivity index (χ4v) is 5.97. The number of carbonyl (C=O) groups excluding carboxylic acids is 1. The molecule has 1 saturated heterocycles. The van der Waals surface area contributed by atoms with Crippen LogP contribution in [0.4, 0.5) is 4.39 Å². The van der Waals surface area contributed by atoms with Gasteiger partial charge in [0.15, 0.2) is 0 Å². The SMILES string of the molecule is Cc1c(CCC(=O)N2CC[C@]3(O)CCCC[C@@H]3C2)c(=O)oc2c(C)c(OCc3ccccc3F)ccc12. The van der Waals surface area contributed by atoms with Crippen LogP contribution in [-0.2, 0) is 17.8 Å². The highest BCUT2D eigenvalue weighted by Gasteiger charge is 2.43. The summed E-state index contributed by atoms with van der Waals surface area (Å²) in [4.78, 5) is 27.8. The lowest BCUT2D eigenvalue weighted by Gasteiger charge is -2.47. The highest BCUT2D eigenvalue weighted by Crippen LogP contribution is 2.40. The molecule has 1 aliphatic heterocycles. The number of benzene rings is 2. The van der Waals surface area contributed by atoms with Crippen LogP contribution < -0.4 is 10.4 Å². The number of fused-ring (bicyclic) bond motifs is 2. The van der Waals surface area contributed by atoms with Crippen molar-refractivity contribution in [2.45, 2.75) is 71.0 Å². The summed E-state index contributed by atoms with van der Waals surface area (Å²) in [5, 5.41) is 11.7. The lowest BCUT2D eigenvalue weighted by Crippen LogP contribution is -2.54. The predicted molar refractivity (Wildman–Crippen MR) is 139 cm³/mol. The van der Waals surface area contributed by atoms with Crippen molar-refractivity contribution in [3.63, 3.8) is 0 Å². The first-order valence-corrected chi connectivity index (χ1v) is 13.2. The Morgan fingerprint density at radius 1 is 1.16 bits per heavy atom. The Morgan fingerprint density at radius 2 is 1.97 bits per heavy atom. The second-order valence-corrected chi connectivity index (χ2v) is 10.6. The molecule has 196 valence electrons. The lowest BCUT2D eigenvalue weighted by molar-refractivity contribution is -0.143. The molecule has 1 amide bonds. The number of rotatable bonds is 6. The largest absolute Gasteiger partial charge is 0.488 e.